The van der Waals surface area contributed by atoms with Crippen molar-refractivity contribution >= 4 is 11.9 Å². The Morgan fingerprint density at radius 2 is 2.04 bits per heavy atom. The van der Waals surface area contributed by atoms with Crippen molar-refractivity contribution in [2.45, 2.75) is 51.4 Å². The minimum Gasteiger partial charge on any atom is -0.504 e. The Hall–Kier alpha value is -2.28. The molecule has 0 saturated carbocycles. The molecule has 1 aromatic rings. The van der Waals surface area contributed by atoms with Crippen LogP contribution in [0.15, 0.2) is 18.2 Å². The number of aromatic carboxylic acids is 1. The van der Waals surface area contributed by atoms with Crippen LogP contribution in [0, 0.1) is 0 Å². The van der Waals surface area contributed by atoms with Crippen molar-refractivity contribution in [3.05, 3.63) is 23.8 Å². The molecule has 1 fully saturated rings. The molecule has 0 aliphatic carbocycles. The summed E-state index contributed by atoms with van der Waals surface area (Å²) in [5.41, 5.74) is -0.961. The predicted molar refractivity (Wildman–Crippen MR) is 86.4 cm³/mol. The second kappa shape index (κ2) is 7.09. The van der Waals surface area contributed by atoms with E-state index in [9.17, 15) is 14.7 Å². The molecule has 1 aromatic carbocycles. The maximum Gasteiger partial charge on any atom is 0.349 e. The lowest BCUT2D eigenvalue weighted by Crippen LogP contribution is -2.47. The molecule has 1 heterocycles. The molecule has 1 aliphatic heterocycles. The number of rotatable bonds is 5. The Kier molecular flexibility index (Phi) is 5.33. The number of ether oxygens (including phenoxy) is 2. The number of carboxylic acid groups (broad SMARTS) is 1. The van der Waals surface area contributed by atoms with E-state index in [0.717, 1.165) is 19.4 Å². The lowest BCUT2D eigenvalue weighted by molar-refractivity contribution is -0.164. The average molecular weight is 337 g/mol. The first-order valence-electron chi connectivity index (χ1n) is 7.87. The number of aromatic hydroxyl groups is 1. The van der Waals surface area contributed by atoms with Gasteiger partial charge in [0.25, 0.3) is 0 Å². The lowest BCUT2D eigenvalue weighted by Gasteiger charge is -2.28. The van der Waals surface area contributed by atoms with E-state index in [1.54, 1.807) is 20.8 Å². The van der Waals surface area contributed by atoms with Crippen LogP contribution in [0.3, 0.4) is 0 Å². The predicted octanol–water partition coefficient (Wildman–Crippen LogP) is 1.93. The van der Waals surface area contributed by atoms with Gasteiger partial charge in [0, 0.05) is 0 Å². The molecule has 132 valence electrons. The van der Waals surface area contributed by atoms with Gasteiger partial charge in [0.15, 0.2) is 11.5 Å². The number of carboxylic acids is 1. The van der Waals surface area contributed by atoms with Crippen LogP contribution in [-0.4, -0.2) is 46.4 Å². The fourth-order valence-corrected chi connectivity index (χ4v) is 2.55. The van der Waals surface area contributed by atoms with Gasteiger partial charge in [-0.25, -0.2) is 9.59 Å². The second-order valence-electron chi connectivity index (χ2n) is 6.73. The third-order valence-corrected chi connectivity index (χ3v) is 3.59. The van der Waals surface area contributed by atoms with Gasteiger partial charge >= 0.3 is 11.9 Å². The maximum absolute atomic E-state index is 12.5. The molecule has 24 heavy (non-hydrogen) atoms. The van der Waals surface area contributed by atoms with Crippen LogP contribution >= 0.6 is 0 Å². The monoisotopic (exact) mass is 337 g/mol. The molecule has 0 aromatic heterocycles. The highest BCUT2D eigenvalue weighted by Gasteiger charge is 2.36. The van der Waals surface area contributed by atoms with Crippen molar-refractivity contribution in [1.29, 1.82) is 0 Å². The first-order valence-corrected chi connectivity index (χ1v) is 7.87. The topological polar surface area (TPSA) is 105 Å². The molecule has 0 radical (unpaired) electrons. The standard InChI is InChI=1S/C17H23NO6/c1-17(2,3)24-16(22)14(11-7-5-9-18-11)23-12-8-4-6-10(13(12)19)15(20)21/h4,6,8,11,14,18-19H,5,7,9H2,1-3H3,(H,20,21). The van der Waals surface area contributed by atoms with E-state index in [1.807, 2.05) is 0 Å². The molecular weight excluding hydrogens is 314 g/mol. The van der Waals surface area contributed by atoms with Gasteiger partial charge in [-0.15, -0.1) is 0 Å². The first-order chi connectivity index (χ1) is 11.2. The summed E-state index contributed by atoms with van der Waals surface area (Å²) in [6.45, 7) is 6.03. The molecule has 0 amide bonds. The normalized spacial score (nSPS) is 18.9. The number of hydrogen-bond acceptors (Lipinski definition) is 6. The number of esters is 1. The van der Waals surface area contributed by atoms with E-state index in [2.05, 4.69) is 5.32 Å². The maximum atomic E-state index is 12.5. The third-order valence-electron chi connectivity index (χ3n) is 3.59. The Morgan fingerprint density at radius 1 is 1.33 bits per heavy atom. The van der Waals surface area contributed by atoms with Gasteiger partial charge in [-0.3, -0.25) is 0 Å². The molecule has 3 N–H and O–H groups in total. The van der Waals surface area contributed by atoms with Crippen LogP contribution in [-0.2, 0) is 9.53 Å². The Morgan fingerprint density at radius 3 is 2.58 bits per heavy atom. The summed E-state index contributed by atoms with van der Waals surface area (Å²) in [7, 11) is 0. The van der Waals surface area contributed by atoms with Gasteiger partial charge in [-0.1, -0.05) is 6.07 Å². The average Bonchev–Trinajstić information content (AvgIpc) is 2.97. The van der Waals surface area contributed by atoms with Gasteiger partial charge in [0.05, 0.1) is 6.04 Å². The largest absolute Gasteiger partial charge is 0.504 e. The lowest BCUT2D eigenvalue weighted by atomic mass is 10.1. The fourth-order valence-electron chi connectivity index (χ4n) is 2.55. The number of nitrogens with one attached hydrogen (secondary N) is 1. The number of benzene rings is 1. The molecule has 2 rings (SSSR count). The van der Waals surface area contributed by atoms with Gasteiger partial charge in [-0.2, -0.15) is 0 Å². The zero-order valence-electron chi connectivity index (χ0n) is 14.0. The van der Waals surface area contributed by atoms with Crippen LogP contribution in [0.4, 0.5) is 0 Å². The molecule has 1 saturated heterocycles. The number of hydrogen-bond donors (Lipinski definition) is 3. The van der Waals surface area contributed by atoms with Crippen LogP contribution in [0.1, 0.15) is 44.0 Å². The van der Waals surface area contributed by atoms with E-state index in [4.69, 9.17) is 14.6 Å². The summed E-state index contributed by atoms with van der Waals surface area (Å²) in [5, 5.41) is 22.3. The van der Waals surface area contributed by atoms with E-state index in [1.165, 1.54) is 18.2 Å². The zero-order chi connectivity index (χ0) is 17.9. The molecular formula is C17H23NO6. The van der Waals surface area contributed by atoms with E-state index < -0.39 is 29.4 Å². The molecule has 1 aliphatic rings. The molecule has 0 spiro atoms. The van der Waals surface area contributed by atoms with E-state index in [0.29, 0.717) is 0 Å². The van der Waals surface area contributed by atoms with Gasteiger partial charge < -0.3 is 25.0 Å². The molecule has 7 heteroatoms. The number of para-hydroxylation sites is 1. The van der Waals surface area contributed by atoms with Crippen LogP contribution < -0.4 is 10.1 Å². The van der Waals surface area contributed by atoms with Crippen molar-refractivity contribution in [3.63, 3.8) is 0 Å². The minimum absolute atomic E-state index is 0.0561. The second-order valence-corrected chi connectivity index (χ2v) is 6.73. The Bertz CT molecular complexity index is 616. The minimum atomic E-state index is -1.27. The third kappa shape index (κ3) is 4.38. The van der Waals surface area contributed by atoms with Gasteiger partial charge in [0.2, 0.25) is 6.10 Å². The summed E-state index contributed by atoms with van der Waals surface area (Å²) in [4.78, 5) is 23.6. The van der Waals surface area contributed by atoms with Crippen molar-refractivity contribution in [3.8, 4) is 11.5 Å². The summed E-state index contributed by atoms with van der Waals surface area (Å²) >= 11 is 0. The zero-order valence-corrected chi connectivity index (χ0v) is 14.0. The molecule has 2 atom stereocenters. The van der Waals surface area contributed by atoms with Crippen molar-refractivity contribution in [2.24, 2.45) is 0 Å². The summed E-state index contributed by atoms with van der Waals surface area (Å²) in [6, 6.07) is 3.88. The number of carbonyl (C=O) groups excluding carboxylic acids is 1. The highest BCUT2D eigenvalue weighted by Crippen LogP contribution is 2.32. The molecule has 0 bridgehead atoms. The highest BCUT2D eigenvalue weighted by atomic mass is 16.6. The molecule has 7 nitrogen and oxygen atoms in total. The Balaban J connectivity index is 2.27. The SMILES string of the molecule is CC(C)(C)OC(=O)C(Oc1cccc(C(=O)O)c1O)C1CCCN1. The number of carbonyl (C=O) groups is 2. The van der Waals surface area contributed by atoms with Crippen LogP contribution in [0.25, 0.3) is 0 Å². The first kappa shape index (κ1) is 18.1. The number of phenols is 1. The quantitative estimate of drug-likeness (QED) is 0.705. The smallest absolute Gasteiger partial charge is 0.349 e. The Labute approximate surface area is 140 Å². The summed E-state index contributed by atoms with van der Waals surface area (Å²) in [5.74, 6) is -2.39. The van der Waals surface area contributed by atoms with E-state index >= 15 is 0 Å². The van der Waals surface area contributed by atoms with Crippen LogP contribution in [0.2, 0.25) is 0 Å². The van der Waals surface area contributed by atoms with E-state index in [-0.39, 0.29) is 17.4 Å². The van der Waals surface area contributed by atoms with Crippen molar-refractivity contribution < 1.29 is 29.3 Å². The van der Waals surface area contributed by atoms with Gasteiger partial charge in [0.1, 0.15) is 11.2 Å². The van der Waals surface area contributed by atoms with Crippen molar-refractivity contribution in [2.75, 3.05) is 6.54 Å². The summed E-state index contributed by atoms with van der Waals surface area (Å²) in [6.07, 6.45) is 0.652. The summed E-state index contributed by atoms with van der Waals surface area (Å²) < 4.78 is 11.1. The molecule has 2 unspecified atom stereocenters. The van der Waals surface area contributed by atoms with Crippen LogP contribution in [0.5, 0.6) is 11.5 Å². The fraction of sp³-hybridized carbons (Fsp3) is 0.529. The van der Waals surface area contributed by atoms with Crippen molar-refractivity contribution in [1.82, 2.24) is 5.32 Å². The van der Waals surface area contributed by atoms with Gasteiger partial charge in [-0.05, 0) is 52.3 Å². The highest BCUT2D eigenvalue weighted by molar-refractivity contribution is 5.91.